The molecule has 94 valence electrons. The number of carbonyl (C=O) groups is 1. The van der Waals surface area contributed by atoms with Gasteiger partial charge in [-0.3, -0.25) is 0 Å². The number of para-hydroxylation sites is 1. The second-order valence-electron chi connectivity index (χ2n) is 3.62. The van der Waals surface area contributed by atoms with Crippen LogP contribution in [-0.4, -0.2) is 21.3 Å². The fourth-order valence-electron chi connectivity index (χ4n) is 1.05. The van der Waals surface area contributed by atoms with Crippen LogP contribution in [0.15, 0.2) is 30.4 Å². The van der Waals surface area contributed by atoms with E-state index in [1.807, 2.05) is 13.0 Å². The third-order valence-electron chi connectivity index (χ3n) is 1.98. The highest BCUT2D eigenvalue weighted by atomic mass is 16.4. The molecular weight excluding hydrogens is 220 g/mol. The van der Waals surface area contributed by atoms with E-state index in [9.17, 15) is 9.90 Å². The molecule has 0 aliphatic carbocycles. The molecule has 17 heavy (non-hydrogen) atoms. The summed E-state index contributed by atoms with van der Waals surface area (Å²) in [6.07, 6.45) is 1.78. The molecule has 0 heterocycles. The van der Waals surface area contributed by atoms with Crippen molar-refractivity contribution in [2.45, 2.75) is 26.7 Å². The van der Waals surface area contributed by atoms with Crippen LogP contribution in [0.4, 0.5) is 0 Å². The molecule has 1 aromatic rings. The van der Waals surface area contributed by atoms with Gasteiger partial charge in [0, 0.05) is 5.57 Å². The zero-order valence-electron chi connectivity index (χ0n) is 10.1. The second-order valence-corrected chi connectivity index (χ2v) is 3.62. The van der Waals surface area contributed by atoms with Crippen LogP contribution < -0.4 is 0 Å². The molecule has 0 bridgehead atoms. The summed E-state index contributed by atoms with van der Waals surface area (Å²) >= 11 is 0. The molecule has 0 unspecified atom stereocenters. The lowest BCUT2D eigenvalue weighted by Gasteiger charge is -2.03. The minimum absolute atomic E-state index is 0.0225. The molecule has 0 radical (unpaired) electrons. The highest BCUT2D eigenvalue weighted by molar-refractivity contribution is 5.84. The number of carboxylic acid groups (broad SMARTS) is 1. The molecule has 1 rings (SSSR count). The topological polar surface area (TPSA) is 77.8 Å². The summed E-state index contributed by atoms with van der Waals surface area (Å²) in [5.74, 6) is -0.944. The fourth-order valence-corrected chi connectivity index (χ4v) is 1.05. The van der Waals surface area contributed by atoms with Crippen molar-refractivity contribution in [3.63, 3.8) is 0 Å². The molecule has 3 N–H and O–H groups in total. The van der Waals surface area contributed by atoms with Crippen molar-refractivity contribution in [3.8, 4) is 11.5 Å². The Balaban J connectivity index is 0.000000366. The molecule has 0 amide bonds. The summed E-state index contributed by atoms with van der Waals surface area (Å²) in [4.78, 5) is 9.60. The van der Waals surface area contributed by atoms with Crippen LogP contribution in [-0.2, 0) is 11.2 Å². The number of phenols is 2. The maximum absolute atomic E-state index is 9.60. The van der Waals surface area contributed by atoms with Gasteiger partial charge in [-0.25, -0.2) is 4.79 Å². The van der Waals surface area contributed by atoms with Gasteiger partial charge in [0.25, 0.3) is 0 Å². The van der Waals surface area contributed by atoms with Gasteiger partial charge in [0.2, 0.25) is 0 Å². The fraction of sp³-hybridized carbons (Fsp3) is 0.308. The van der Waals surface area contributed by atoms with Crippen molar-refractivity contribution in [2.24, 2.45) is 0 Å². The SMILES string of the molecule is C=C(C)C(=O)O.CCCc1cccc(O)c1O. The van der Waals surface area contributed by atoms with Crippen LogP contribution in [0, 0.1) is 0 Å². The lowest BCUT2D eigenvalue weighted by atomic mass is 10.1. The van der Waals surface area contributed by atoms with E-state index in [1.54, 1.807) is 6.07 Å². The Kier molecular flexibility index (Phi) is 6.48. The van der Waals surface area contributed by atoms with Crippen LogP contribution >= 0.6 is 0 Å². The second kappa shape index (κ2) is 7.33. The quantitative estimate of drug-likeness (QED) is 0.559. The Morgan fingerprint density at radius 1 is 1.35 bits per heavy atom. The highest BCUT2D eigenvalue weighted by Gasteiger charge is 2.02. The van der Waals surface area contributed by atoms with Crippen LogP contribution in [0.25, 0.3) is 0 Å². The average molecular weight is 238 g/mol. The van der Waals surface area contributed by atoms with Gasteiger partial charge in [-0.2, -0.15) is 0 Å². The number of aromatic hydroxyl groups is 2. The maximum Gasteiger partial charge on any atom is 0.330 e. The van der Waals surface area contributed by atoms with E-state index in [2.05, 4.69) is 6.58 Å². The summed E-state index contributed by atoms with van der Waals surface area (Å²) in [7, 11) is 0. The van der Waals surface area contributed by atoms with Crippen LogP contribution in [0.1, 0.15) is 25.8 Å². The van der Waals surface area contributed by atoms with Gasteiger partial charge < -0.3 is 15.3 Å². The third kappa shape index (κ3) is 5.61. The number of aryl methyl sites for hydroxylation is 1. The summed E-state index contributed by atoms with van der Waals surface area (Å²) in [5, 5.41) is 26.2. The molecule has 0 aliphatic rings. The smallest absolute Gasteiger partial charge is 0.330 e. The standard InChI is InChI=1S/C9H12O2.C4H6O2/c1-2-4-7-5-3-6-8(10)9(7)11;1-3(2)4(5)6/h3,5-6,10-11H,2,4H2,1H3;1H2,2H3,(H,5,6). The molecule has 0 saturated carbocycles. The first kappa shape index (κ1) is 15.0. The van der Waals surface area contributed by atoms with Gasteiger partial charge in [-0.15, -0.1) is 0 Å². The normalized spacial score (nSPS) is 9.06. The predicted octanol–water partition coefficient (Wildman–Crippen LogP) is 2.70. The molecule has 4 heteroatoms. The third-order valence-corrected chi connectivity index (χ3v) is 1.98. The monoisotopic (exact) mass is 238 g/mol. The summed E-state index contributed by atoms with van der Waals surface area (Å²) in [5.41, 5.74) is 0.988. The first-order valence-corrected chi connectivity index (χ1v) is 5.28. The van der Waals surface area contributed by atoms with Gasteiger partial charge in [-0.1, -0.05) is 32.1 Å². The van der Waals surface area contributed by atoms with E-state index in [-0.39, 0.29) is 17.1 Å². The Bertz CT molecular complexity index is 384. The molecule has 0 saturated heterocycles. The van der Waals surface area contributed by atoms with Gasteiger partial charge >= 0.3 is 5.97 Å². The molecular formula is C13H18O4. The van der Waals surface area contributed by atoms with Gasteiger partial charge in [0.05, 0.1) is 0 Å². The molecule has 0 aromatic heterocycles. The Morgan fingerprint density at radius 2 is 1.88 bits per heavy atom. The number of aliphatic carboxylic acids is 1. The molecule has 0 aliphatic heterocycles. The van der Waals surface area contributed by atoms with E-state index < -0.39 is 5.97 Å². The van der Waals surface area contributed by atoms with Crippen LogP contribution in [0.5, 0.6) is 11.5 Å². The zero-order chi connectivity index (χ0) is 13.4. The Labute approximate surface area is 101 Å². The number of carboxylic acids is 1. The van der Waals surface area contributed by atoms with Crippen molar-refractivity contribution in [2.75, 3.05) is 0 Å². The largest absolute Gasteiger partial charge is 0.504 e. The Hall–Kier alpha value is -1.97. The first-order chi connectivity index (χ1) is 7.90. The lowest BCUT2D eigenvalue weighted by Crippen LogP contribution is -1.92. The van der Waals surface area contributed by atoms with E-state index in [4.69, 9.17) is 10.2 Å². The number of rotatable bonds is 3. The summed E-state index contributed by atoms with van der Waals surface area (Å²) in [6, 6.07) is 5.03. The summed E-state index contributed by atoms with van der Waals surface area (Å²) < 4.78 is 0. The van der Waals surface area contributed by atoms with E-state index in [0.29, 0.717) is 0 Å². The number of benzene rings is 1. The van der Waals surface area contributed by atoms with Crippen LogP contribution in [0.2, 0.25) is 0 Å². The summed E-state index contributed by atoms with van der Waals surface area (Å²) in [6.45, 7) is 6.63. The average Bonchev–Trinajstić information content (AvgIpc) is 2.26. The first-order valence-electron chi connectivity index (χ1n) is 5.28. The molecule has 1 aromatic carbocycles. The minimum atomic E-state index is -0.935. The molecule has 0 spiro atoms. The zero-order valence-corrected chi connectivity index (χ0v) is 10.1. The van der Waals surface area contributed by atoms with Crippen molar-refractivity contribution >= 4 is 5.97 Å². The highest BCUT2D eigenvalue weighted by Crippen LogP contribution is 2.28. The van der Waals surface area contributed by atoms with Crippen molar-refractivity contribution in [1.29, 1.82) is 0 Å². The molecule has 4 nitrogen and oxygen atoms in total. The van der Waals surface area contributed by atoms with Crippen molar-refractivity contribution in [1.82, 2.24) is 0 Å². The lowest BCUT2D eigenvalue weighted by molar-refractivity contribution is -0.132. The maximum atomic E-state index is 9.60. The van der Waals surface area contributed by atoms with Gasteiger partial charge in [-0.05, 0) is 25.0 Å². The van der Waals surface area contributed by atoms with E-state index in [1.165, 1.54) is 13.0 Å². The van der Waals surface area contributed by atoms with Gasteiger partial charge in [0.15, 0.2) is 11.5 Å². The van der Waals surface area contributed by atoms with E-state index in [0.717, 1.165) is 18.4 Å². The number of hydrogen-bond donors (Lipinski definition) is 3. The number of phenolic OH excluding ortho intramolecular Hbond substituents is 2. The molecule has 0 fully saturated rings. The predicted molar refractivity (Wildman–Crippen MR) is 66.2 cm³/mol. The Morgan fingerprint density at radius 3 is 2.29 bits per heavy atom. The number of hydrogen-bond acceptors (Lipinski definition) is 3. The van der Waals surface area contributed by atoms with Crippen LogP contribution in [0.3, 0.4) is 0 Å². The van der Waals surface area contributed by atoms with Crippen molar-refractivity contribution in [3.05, 3.63) is 35.9 Å². The molecule has 0 atom stereocenters. The minimum Gasteiger partial charge on any atom is -0.504 e. The van der Waals surface area contributed by atoms with Gasteiger partial charge in [0.1, 0.15) is 0 Å². The van der Waals surface area contributed by atoms with E-state index >= 15 is 0 Å². The van der Waals surface area contributed by atoms with Crippen molar-refractivity contribution < 1.29 is 20.1 Å².